The molecule has 5 heteroatoms. The fourth-order valence-corrected chi connectivity index (χ4v) is 2.13. The molecule has 1 amide bonds. The molecule has 0 unspecified atom stereocenters. The minimum Gasteiger partial charge on any atom is -0.323 e. The second-order valence-corrected chi connectivity index (χ2v) is 5.50. The van der Waals surface area contributed by atoms with Gasteiger partial charge in [0.15, 0.2) is 0 Å². The van der Waals surface area contributed by atoms with E-state index < -0.39 is 5.41 Å². The van der Waals surface area contributed by atoms with Crippen molar-refractivity contribution < 1.29 is 4.79 Å². The molecule has 1 rings (SSSR count). The van der Waals surface area contributed by atoms with Crippen molar-refractivity contribution in [3.8, 4) is 6.07 Å². The number of nitriles is 1. The molecule has 0 radical (unpaired) electrons. The Morgan fingerprint density at radius 3 is 2.31 bits per heavy atom. The van der Waals surface area contributed by atoms with E-state index >= 15 is 0 Å². The van der Waals surface area contributed by atoms with Crippen LogP contribution in [0.25, 0.3) is 0 Å². The van der Waals surface area contributed by atoms with E-state index in [4.69, 9.17) is 5.26 Å². The number of nitrogens with zero attached hydrogens (tertiary/aromatic N) is 1. The Labute approximate surface area is 111 Å². The van der Waals surface area contributed by atoms with Gasteiger partial charge in [0.2, 0.25) is 5.91 Å². The Hall–Kier alpha value is -0.860. The van der Waals surface area contributed by atoms with Crippen molar-refractivity contribution in [3.63, 3.8) is 0 Å². The number of hydrogen-bond acceptors (Lipinski definition) is 2. The molecule has 0 bridgehead atoms. The molecular weight excluding hydrogens is 336 g/mol. The number of benzene rings is 1. The minimum absolute atomic E-state index is 0.331. The molecule has 3 nitrogen and oxygen atoms in total. The first-order valence-corrected chi connectivity index (χ1v) is 6.14. The van der Waals surface area contributed by atoms with Crippen molar-refractivity contribution >= 4 is 43.5 Å². The molecular formula is C11H10Br2N2O. The lowest BCUT2D eigenvalue weighted by atomic mass is 9.95. The molecule has 0 heterocycles. The highest BCUT2D eigenvalue weighted by atomic mass is 79.9. The summed E-state index contributed by atoms with van der Waals surface area (Å²) in [5, 5.41) is 11.6. The molecule has 0 aliphatic carbocycles. The quantitative estimate of drug-likeness (QED) is 0.888. The van der Waals surface area contributed by atoms with Crippen LogP contribution in [0.2, 0.25) is 0 Å². The summed E-state index contributed by atoms with van der Waals surface area (Å²) in [6.07, 6.45) is 0. The van der Waals surface area contributed by atoms with Crippen LogP contribution in [0, 0.1) is 16.7 Å². The zero-order chi connectivity index (χ0) is 12.3. The molecule has 84 valence electrons. The first kappa shape index (κ1) is 13.2. The van der Waals surface area contributed by atoms with E-state index in [1.165, 1.54) is 0 Å². The third-order valence-electron chi connectivity index (χ3n) is 2.05. The maximum atomic E-state index is 11.8. The van der Waals surface area contributed by atoms with E-state index in [0.717, 1.165) is 8.95 Å². The van der Waals surface area contributed by atoms with E-state index in [0.29, 0.717) is 5.69 Å². The van der Waals surface area contributed by atoms with Crippen LogP contribution in [0.5, 0.6) is 0 Å². The Kier molecular flexibility index (Phi) is 4.11. The highest BCUT2D eigenvalue weighted by Crippen LogP contribution is 2.31. The van der Waals surface area contributed by atoms with Gasteiger partial charge in [-0.2, -0.15) is 5.26 Å². The molecule has 1 aromatic rings. The maximum Gasteiger partial charge on any atom is 0.244 e. The smallest absolute Gasteiger partial charge is 0.244 e. The highest BCUT2D eigenvalue weighted by molar-refractivity contribution is 9.11. The van der Waals surface area contributed by atoms with Gasteiger partial charge in [-0.1, -0.05) is 6.07 Å². The minimum atomic E-state index is -1.05. The average molecular weight is 346 g/mol. The second kappa shape index (κ2) is 4.98. The summed E-state index contributed by atoms with van der Waals surface area (Å²) in [6.45, 7) is 3.15. The van der Waals surface area contributed by atoms with Gasteiger partial charge >= 0.3 is 0 Å². The number of rotatable bonds is 2. The lowest BCUT2D eigenvalue weighted by Gasteiger charge is -2.16. The number of carbonyl (C=O) groups excluding carboxylic acids is 1. The van der Waals surface area contributed by atoms with Gasteiger partial charge in [-0.15, -0.1) is 0 Å². The van der Waals surface area contributed by atoms with Gasteiger partial charge in [0.05, 0.1) is 11.8 Å². The second-order valence-electron chi connectivity index (χ2n) is 3.79. The highest BCUT2D eigenvalue weighted by Gasteiger charge is 2.28. The summed E-state index contributed by atoms with van der Waals surface area (Å²) in [5.41, 5.74) is -0.412. The lowest BCUT2D eigenvalue weighted by Crippen LogP contribution is -2.29. The first-order chi connectivity index (χ1) is 7.38. The van der Waals surface area contributed by atoms with Crippen molar-refractivity contribution in [2.45, 2.75) is 13.8 Å². The third-order valence-corrected chi connectivity index (χ3v) is 3.37. The number of anilines is 1. The van der Waals surface area contributed by atoms with E-state index in [1.807, 2.05) is 24.3 Å². The summed E-state index contributed by atoms with van der Waals surface area (Å²) < 4.78 is 1.54. The number of nitrogens with one attached hydrogen (secondary N) is 1. The van der Waals surface area contributed by atoms with Gasteiger partial charge in [0.1, 0.15) is 5.41 Å². The number of amides is 1. The normalized spacial score (nSPS) is 10.7. The standard InChI is InChI=1S/C11H10Br2N2O/c1-11(2,6-14)10(16)15-9-7(12)4-3-5-8(9)13/h3-5H,1-2H3,(H,15,16). The molecule has 0 aromatic heterocycles. The molecule has 0 spiro atoms. The van der Waals surface area contributed by atoms with Crippen molar-refractivity contribution in [2.24, 2.45) is 5.41 Å². The van der Waals surface area contributed by atoms with Crippen LogP contribution in [0.4, 0.5) is 5.69 Å². The molecule has 0 aliphatic heterocycles. The maximum absolute atomic E-state index is 11.8. The van der Waals surface area contributed by atoms with Crippen molar-refractivity contribution in [1.29, 1.82) is 5.26 Å². The first-order valence-electron chi connectivity index (χ1n) is 4.55. The monoisotopic (exact) mass is 344 g/mol. The van der Waals surface area contributed by atoms with Crippen LogP contribution in [-0.2, 0) is 4.79 Å². The van der Waals surface area contributed by atoms with Crippen LogP contribution in [-0.4, -0.2) is 5.91 Å². The van der Waals surface area contributed by atoms with Gasteiger partial charge in [-0.05, 0) is 57.8 Å². The van der Waals surface area contributed by atoms with Crippen molar-refractivity contribution in [3.05, 3.63) is 27.1 Å². The van der Waals surface area contributed by atoms with Crippen LogP contribution in [0.1, 0.15) is 13.8 Å². The fraction of sp³-hybridized carbons (Fsp3) is 0.273. The molecule has 16 heavy (non-hydrogen) atoms. The van der Waals surface area contributed by atoms with Gasteiger partial charge in [-0.3, -0.25) is 4.79 Å². The number of carbonyl (C=O) groups is 1. The molecule has 1 aromatic carbocycles. The summed E-state index contributed by atoms with van der Waals surface area (Å²) >= 11 is 6.67. The summed E-state index contributed by atoms with van der Waals surface area (Å²) in [5.74, 6) is -0.331. The Bertz CT molecular complexity index is 443. The fourth-order valence-electron chi connectivity index (χ4n) is 0.938. The van der Waals surface area contributed by atoms with Gasteiger partial charge in [0, 0.05) is 8.95 Å². The molecule has 0 fully saturated rings. The average Bonchev–Trinajstić information content (AvgIpc) is 2.23. The Morgan fingerprint density at radius 1 is 1.38 bits per heavy atom. The van der Waals surface area contributed by atoms with Crippen LogP contribution in [0.3, 0.4) is 0 Å². The predicted molar refractivity (Wildman–Crippen MR) is 69.9 cm³/mol. The molecule has 0 aliphatic rings. The lowest BCUT2D eigenvalue weighted by molar-refractivity contribution is -0.121. The van der Waals surface area contributed by atoms with E-state index in [9.17, 15) is 4.79 Å². The third kappa shape index (κ3) is 2.83. The molecule has 0 saturated carbocycles. The molecule has 0 saturated heterocycles. The zero-order valence-electron chi connectivity index (χ0n) is 8.84. The number of hydrogen-bond donors (Lipinski definition) is 1. The summed E-state index contributed by atoms with van der Waals surface area (Å²) in [6, 6.07) is 7.44. The van der Waals surface area contributed by atoms with Gasteiger partial charge in [-0.25, -0.2) is 0 Å². The van der Waals surface area contributed by atoms with Gasteiger partial charge < -0.3 is 5.32 Å². The van der Waals surface area contributed by atoms with E-state index in [2.05, 4.69) is 37.2 Å². The van der Waals surface area contributed by atoms with Crippen molar-refractivity contribution in [2.75, 3.05) is 5.32 Å². The molecule has 1 N–H and O–H groups in total. The van der Waals surface area contributed by atoms with Gasteiger partial charge in [0.25, 0.3) is 0 Å². The molecule has 0 atom stereocenters. The Morgan fingerprint density at radius 2 is 1.88 bits per heavy atom. The Balaban J connectivity index is 2.99. The topological polar surface area (TPSA) is 52.9 Å². The number of halogens is 2. The van der Waals surface area contributed by atoms with E-state index in [-0.39, 0.29) is 5.91 Å². The van der Waals surface area contributed by atoms with Crippen LogP contribution >= 0.6 is 31.9 Å². The summed E-state index contributed by atoms with van der Waals surface area (Å²) in [4.78, 5) is 11.8. The largest absolute Gasteiger partial charge is 0.323 e. The SMILES string of the molecule is CC(C)(C#N)C(=O)Nc1c(Br)cccc1Br. The van der Waals surface area contributed by atoms with Crippen LogP contribution in [0.15, 0.2) is 27.1 Å². The summed E-state index contributed by atoms with van der Waals surface area (Å²) in [7, 11) is 0. The number of para-hydroxylation sites is 1. The zero-order valence-corrected chi connectivity index (χ0v) is 12.0. The van der Waals surface area contributed by atoms with Crippen LogP contribution < -0.4 is 5.32 Å². The van der Waals surface area contributed by atoms with Crippen molar-refractivity contribution in [1.82, 2.24) is 0 Å². The predicted octanol–water partition coefficient (Wildman–Crippen LogP) is 3.70. The van der Waals surface area contributed by atoms with E-state index in [1.54, 1.807) is 13.8 Å².